The zero-order valence-electron chi connectivity index (χ0n) is 17.6. The molecule has 0 bridgehead atoms. The quantitative estimate of drug-likeness (QED) is 0.568. The summed E-state index contributed by atoms with van der Waals surface area (Å²) in [5.41, 5.74) is 2.89. The lowest BCUT2D eigenvalue weighted by Crippen LogP contribution is -2.52. The summed E-state index contributed by atoms with van der Waals surface area (Å²) >= 11 is 0. The van der Waals surface area contributed by atoms with E-state index in [1.165, 1.54) is 0 Å². The minimum Gasteiger partial charge on any atom is -0.444 e. The molecule has 0 unspecified atom stereocenters. The molecule has 2 atom stereocenters. The molecule has 0 saturated carbocycles. The molecule has 3 aromatic carbocycles. The summed E-state index contributed by atoms with van der Waals surface area (Å²) < 4.78 is 5.64. The van der Waals surface area contributed by atoms with Crippen molar-refractivity contribution in [1.29, 1.82) is 0 Å². The zero-order chi connectivity index (χ0) is 21.6. The Hall–Kier alpha value is -3.60. The second-order valence-corrected chi connectivity index (χ2v) is 7.73. The molecule has 1 saturated heterocycles. The van der Waals surface area contributed by atoms with E-state index in [2.05, 4.69) is 0 Å². The molecule has 1 aliphatic heterocycles. The molecule has 0 aliphatic carbocycles. The predicted molar refractivity (Wildman–Crippen MR) is 119 cm³/mol. The third-order valence-corrected chi connectivity index (χ3v) is 5.74. The van der Waals surface area contributed by atoms with Crippen LogP contribution < -0.4 is 0 Å². The van der Waals surface area contributed by atoms with Crippen LogP contribution in [0.25, 0.3) is 0 Å². The van der Waals surface area contributed by atoms with Crippen molar-refractivity contribution < 1.29 is 14.3 Å². The van der Waals surface area contributed by atoms with Gasteiger partial charge >= 0.3 is 6.09 Å². The highest BCUT2D eigenvalue weighted by molar-refractivity contribution is 5.81. The number of hydrogen-bond donors (Lipinski definition) is 0. The van der Waals surface area contributed by atoms with Crippen LogP contribution in [0.3, 0.4) is 0 Å². The number of rotatable bonds is 5. The molecule has 31 heavy (non-hydrogen) atoms. The Labute approximate surface area is 182 Å². The SMILES string of the molecule is C[C@@H](c1ccccc1)N1CN(C(=O)OCc2ccccc2)[C@H](c2ccccc2)CC1=O. The van der Waals surface area contributed by atoms with Crippen molar-refractivity contribution in [3.8, 4) is 0 Å². The first-order chi connectivity index (χ1) is 15.1. The normalized spacial score (nSPS) is 17.3. The van der Waals surface area contributed by atoms with Gasteiger partial charge in [-0.15, -0.1) is 0 Å². The van der Waals surface area contributed by atoms with Crippen LogP contribution in [0.1, 0.15) is 42.1 Å². The number of nitrogens with zero attached hydrogens (tertiary/aromatic N) is 2. The molecule has 0 radical (unpaired) electrons. The summed E-state index contributed by atoms with van der Waals surface area (Å²) in [6.07, 6.45) is -0.197. The van der Waals surface area contributed by atoms with E-state index in [4.69, 9.17) is 4.74 Å². The van der Waals surface area contributed by atoms with Crippen LogP contribution in [0.15, 0.2) is 91.0 Å². The number of hydrogen-bond acceptors (Lipinski definition) is 3. The average molecular weight is 415 g/mol. The standard InChI is InChI=1S/C26H26N2O3/c1-20(22-13-7-3-8-14-22)27-19-28(26(30)31-18-21-11-5-2-6-12-21)24(17-25(27)29)23-15-9-4-10-16-23/h2-16,20,24H,17-19H2,1H3/t20-,24-/m0/s1. The minimum atomic E-state index is -0.421. The molecule has 4 rings (SSSR count). The van der Waals surface area contributed by atoms with Crippen molar-refractivity contribution in [2.75, 3.05) is 6.67 Å². The molecule has 1 aliphatic rings. The molecule has 5 nitrogen and oxygen atoms in total. The maximum absolute atomic E-state index is 13.1. The van der Waals surface area contributed by atoms with Gasteiger partial charge in [-0.3, -0.25) is 9.69 Å². The van der Waals surface area contributed by atoms with Crippen LogP contribution in [0, 0.1) is 0 Å². The Morgan fingerprint density at radius 1 is 0.935 bits per heavy atom. The van der Waals surface area contributed by atoms with E-state index in [1.807, 2.05) is 97.9 Å². The lowest BCUT2D eigenvalue weighted by atomic mass is 9.98. The second-order valence-electron chi connectivity index (χ2n) is 7.73. The Bertz CT molecular complexity index is 1010. The van der Waals surface area contributed by atoms with Crippen molar-refractivity contribution in [3.05, 3.63) is 108 Å². The van der Waals surface area contributed by atoms with E-state index in [9.17, 15) is 9.59 Å². The van der Waals surface area contributed by atoms with Gasteiger partial charge in [0.15, 0.2) is 0 Å². The topological polar surface area (TPSA) is 49.9 Å². The molecule has 5 heteroatoms. The number of carbonyl (C=O) groups is 2. The summed E-state index contributed by atoms with van der Waals surface area (Å²) in [6.45, 7) is 2.37. The van der Waals surface area contributed by atoms with Crippen LogP contribution in [-0.2, 0) is 16.1 Å². The third-order valence-electron chi connectivity index (χ3n) is 5.74. The predicted octanol–water partition coefficient (Wildman–Crippen LogP) is 5.32. The van der Waals surface area contributed by atoms with Crippen molar-refractivity contribution >= 4 is 12.0 Å². The lowest BCUT2D eigenvalue weighted by molar-refractivity contribution is -0.142. The Morgan fingerprint density at radius 3 is 2.16 bits per heavy atom. The molecule has 3 aromatic rings. The fourth-order valence-corrected chi connectivity index (χ4v) is 3.94. The van der Waals surface area contributed by atoms with E-state index < -0.39 is 6.09 Å². The van der Waals surface area contributed by atoms with Gasteiger partial charge in [-0.2, -0.15) is 0 Å². The van der Waals surface area contributed by atoms with Crippen LogP contribution in [0.4, 0.5) is 4.79 Å². The maximum Gasteiger partial charge on any atom is 0.412 e. The highest BCUT2D eigenvalue weighted by Crippen LogP contribution is 2.34. The van der Waals surface area contributed by atoms with Gasteiger partial charge in [0.1, 0.15) is 13.3 Å². The van der Waals surface area contributed by atoms with E-state index >= 15 is 0 Å². The first kappa shape index (κ1) is 20.7. The van der Waals surface area contributed by atoms with E-state index in [-0.39, 0.29) is 37.7 Å². The summed E-state index contributed by atoms with van der Waals surface area (Å²) in [7, 11) is 0. The lowest BCUT2D eigenvalue weighted by Gasteiger charge is -2.43. The molecule has 2 amide bonds. The average Bonchev–Trinajstić information content (AvgIpc) is 2.83. The highest BCUT2D eigenvalue weighted by Gasteiger charge is 2.38. The van der Waals surface area contributed by atoms with Gasteiger partial charge in [0, 0.05) is 0 Å². The van der Waals surface area contributed by atoms with Crippen LogP contribution in [0.2, 0.25) is 0 Å². The van der Waals surface area contributed by atoms with Crippen LogP contribution >= 0.6 is 0 Å². The molecule has 158 valence electrons. The van der Waals surface area contributed by atoms with Gasteiger partial charge in [-0.05, 0) is 23.6 Å². The molecule has 0 spiro atoms. The van der Waals surface area contributed by atoms with Gasteiger partial charge in [0.05, 0.1) is 18.5 Å². The number of benzene rings is 3. The summed E-state index contributed by atoms with van der Waals surface area (Å²) in [5.74, 6) is 0.0253. The summed E-state index contributed by atoms with van der Waals surface area (Å²) in [4.78, 5) is 29.6. The molecule has 1 fully saturated rings. The summed E-state index contributed by atoms with van der Waals surface area (Å²) in [5, 5.41) is 0. The Balaban J connectivity index is 1.57. The molecular formula is C26H26N2O3. The number of amides is 2. The van der Waals surface area contributed by atoms with Crippen LogP contribution in [-0.4, -0.2) is 28.5 Å². The molecule has 1 heterocycles. The number of carbonyl (C=O) groups excluding carboxylic acids is 2. The van der Waals surface area contributed by atoms with Gasteiger partial charge in [0.2, 0.25) is 5.91 Å². The zero-order valence-corrected chi connectivity index (χ0v) is 17.6. The Morgan fingerprint density at radius 2 is 1.52 bits per heavy atom. The Kier molecular flexibility index (Phi) is 6.32. The van der Waals surface area contributed by atoms with E-state index in [0.29, 0.717) is 0 Å². The van der Waals surface area contributed by atoms with E-state index in [1.54, 1.807) is 9.80 Å². The fourth-order valence-electron chi connectivity index (χ4n) is 3.94. The second kappa shape index (κ2) is 9.47. The van der Waals surface area contributed by atoms with Gasteiger partial charge in [-0.1, -0.05) is 91.0 Å². The van der Waals surface area contributed by atoms with Crippen molar-refractivity contribution in [1.82, 2.24) is 9.80 Å². The van der Waals surface area contributed by atoms with Crippen molar-refractivity contribution in [2.24, 2.45) is 0 Å². The van der Waals surface area contributed by atoms with Gasteiger partial charge in [-0.25, -0.2) is 4.79 Å². The number of ether oxygens (including phenoxy) is 1. The monoisotopic (exact) mass is 414 g/mol. The first-order valence-corrected chi connectivity index (χ1v) is 10.5. The molecule has 0 N–H and O–H groups in total. The van der Waals surface area contributed by atoms with Gasteiger partial charge in [0.25, 0.3) is 0 Å². The van der Waals surface area contributed by atoms with E-state index in [0.717, 1.165) is 16.7 Å². The molecular weight excluding hydrogens is 388 g/mol. The minimum absolute atomic E-state index is 0.0253. The van der Waals surface area contributed by atoms with Crippen LogP contribution in [0.5, 0.6) is 0 Å². The third kappa shape index (κ3) is 4.77. The highest BCUT2D eigenvalue weighted by atomic mass is 16.6. The van der Waals surface area contributed by atoms with Crippen molar-refractivity contribution in [2.45, 2.75) is 32.0 Å². The summed E-state index contributed by atoms with van der Waals surface area (Å²) in [6, 6.07) is 28.6. The fraction of sp³-hybridized carbons (Fsp3) is 0.231. The largest absolute Gasteiger partial charge is 0.444 e. The van der Waals surface area contributed by atoms with Crippen molar-refractivity contribution in [3.63, 3.8) is 0 Å². The maximum atomic E-state index is 13.1. The first-order valence-electron chi connectivity index (χ1n) is 10.5. The van der Waals surface area contributed by atoms with Gasteiger partial charge < -0.3 is 9.64 Å². The smallest absolute Gasteiger partial charge is 0.412 e. The molecule has 0 aromatic heterocycles.